The van der Waals surface area contributed by atoms with Gasteiger partial charge in [0.15, 0.2) is 0 Å². The lowest BCUT2D eigenvalue weighted by Crippen LogP contribution is -2.53. The number of methoxy groups -OCH3 is 2. The number of benzene rings is 2. The molecular weight excluding hydrogens is 803 g/mol. The van der Waals surface area contributed by atoms with Crippen molar-refractivity contribution in [3.63, 3.8) is 0 Å². The summed E-state index contributed by atoms with van der Waals surface area (Å²) in [6, 6.07) is 15.5. The van der Waals surface area contributed by atoms with Gasteiger partial charge in [0.05, 0.1) is 38.2 Å². The molecule has 4 amide bonds. The number of ether oxygens (including phenoxy) is 4. The number of fused-ring (bicyclic) bond motifs is 1. The van der Waals surface area contributed by atoms with Crippen molar-refractivity contribution in [3.05, 3.63) is 77.4 Å². The minimum absolute atomic E-state index is 0.00275. The van der Waals surface area contributed by atoms with Crippen molar-refractivity contribution in [2.75, 3.05) is 53.7 Å². The minimum atomic E-state index is -0.682. The second kappa shape index (κ2) is 19.0. The van der Waals surface area contributed by atoms with Crippen LogP contribution in [0, 0.1) is 11.8 Å². The Labute approximate surface area is 368 Å². The summed E-state index contributed by atoms with van der Waals surface area (Å²) in [7, 11) is 2.65. The molecule has 0 radical (unpaired) electrons. The third-order valence-electron chi connectivity index (χ3n) is 14.0. The molecule has 1 aliphatic carbocycles. The van der Waals surface area contributed by atoms with E-state index in [9.17, 15) is 19.2 Å². The smallest absolute Gasteiger partial charge is 0.407 e. The van der Waals surface area contributed by atoms with Crippen LogP contribution < -0.4 is 10.6 Å². The Balaban J connectivity index is 0.886. The number of carbonyl (C=O) groups excluding carboxylic acids is 4. The lowest BCUT2D eigenvalue weighted by Gasteiger charge is -2.34. The average molecular weight is 862 g/mol. The van der Waals surface area contributed by atoms with E-state index in [-0.39, 0.29) is 35.7 Å². The highest BCUT2D eigenvalue weighted by atomic mass is 16.5. The monoisotopic (exact) mass is 861 g/mol. The van der Waals surface area contributed by atoms with Crippen LogP contribution in [0.2, 0.25) is 0 Å². The first-order chi connectivity index (χ1) is 30.8. The third-order valence-corrected chi connectivity index (χ3v) is 14.0. The van der Waals surface area contributed by atoms with E-state index in [2.05, 4.69) is 69.1 Å². The maximum Gasteiger partial charge on any atom is 0.407 e. The number of aromatic amines is 2. The van der Waals surface area contributed by atoms with Crippen LogP contribution in [-0.2, 0) is 41.4 Å². The van der Waals surface area contributed by atoms with Crippen LogP contribution in [0.5, 0.6) is 0 Å². The van der Waals surface area contributed by atoms with Gasteiger partial charge in [0, 0.05) is 50.9 Å². The summed E-state index contributed by atoms with van der Waals surface area (Å²) < 4.78 is 20.9. The van der Waals surface area contributed by atoms with Gasteiger partial charge < -0.3 is 49.3 Å². The van der Waals surface area contributed by atoms with Gasteiger partial charge in [-0.15, -0.1) is 0 Å². The minimum Gasteiger partial charge on any atom is -0.453 e. The van der Waals surface area contributed by atoms with Gasteiger partial charge in [-0.1, -0.05) is 48.5 Å². The lowest BCUT2D eigenvalue weighted by atomic mass is 9.90. The Morgan fingerprint density at radius 1 is 0.635 bits per heavy atom. The topological polar surface area (TPSA) is 180 Å². The summed E-state index contributed by atoms with van der Waals surface area (Å²) in [4.78, 5) is 68.9. The number of rotatable bonds is 11. The molecule has 3 unspecified atom stereocenters. The molecule has 2 aromatic heterocycles. The van der Waals surface area contributed by atoms with Crippen LogP contribution in [0.4, 0.5) is 9.59 Å². The maximum atomic E-state index is 14.3. The van der Waals surface area contributed by atoms with E-state index in [0.717, 1.165) is 90.1 Å². The predicted molar refractivity (Wildman–Crippen MR) is 234 cm³/mol. The van der Waals surface area contributed by atoms with Crippen LogP contribution in [0.15, 0.2) is 54.7 Å². The van der Waals surface area contributed by atoms with Crippen LogP contribution in [-0.4, -0.2) is 115 Å². The van der Waals surface area contributed by atoms with Crippen LogP contribution >= 0.6 is 0 Å². The summed E-state index contributed by atoms with van der Waals surface area (Å²) >= 11 is 0. The van der Waals surface area contributed by atoms with E-state index in [1.807, 2.05) is 16.0 Å². The highest BCUT2D eigenvalue weighted by Gasteiger charge is 2.42. The summed E-state index contributed by atoms with van der Waals surface area (Å²) in [5, 5.41) is 5.70. The standard InChI is InChI=1S/C48H59N7O8/c1-60-47(58)52-41(33-18-24-62-25-19-33)45(56)54-22-4-8-38(54)43-36-7-3-6-35(36)40(51-43)32-16-12-30(13-17-32)29-10-14-31(15-11-29)37-28-49-44(50-37)39-9-5-23-55(39)46(57)42(53-48(59)61-2)34-20-26-63-27-21-34/h10-17,28,33-34,38-39,41-42,51H,3-9,18-27H2,1-2H3,(H,49,50)(H,52,58)(H,53,59)/t38?,39-,41?,42?/m0/s1. The van der Waals surface area contributed by atoms with Crippen molar-refractivity contribution < 1.29 is 38.1 Å². The highest BCUT2D eigenvalue weighted by Crippen LogP contribution is 2.43. The normalized spacial score (nSPS) is 21.5. The van der Waals surface area contributed by atoms with Gasteiger partial charge >= 0.3 is 12.2 Å². The Morgan fingerprint density at radius 2 is 1.13 bits per heavy atom. The largest absolute Gasteiger partial charge is 0.453 e. The summed E-state index contributed by atoms with van der Waals surface area (Å²) in [5.41, 5.74) is 10.1. The molecule has 0 bridgehead atoms. The van der Waals surface area contributed by atoms with Crippen molar-refractivity contribution in [1.82, 2.24) is 35.4 Å². The number of amides is 4. The van der Waals surface area contributed by atoms with Gasteiger partial charge in [-0.3, -0.25) is 9.59 Å². The number of aromatic nitrogens is 3. The first kappa shape index (κ1) is 42.6. The van der Waals surface area contributed by atoms with Crippen molar-refractivity contribution in [2.24, 2.45) is 11.8 Å². The molecule has 4 aromatic rings. The molecule has 4 saturated heterocycles. The van der Waals surface area contributed by atoms with Crippen molar-refractivity contribution in [1.29, 1.82) is 0 Å². The molecule has 4 aliphatic heterocycles. The Morgan fingerprint density at radius 3 is 1.68 bits per heavy atom. The van der Waals surface area contributed by atoms with E-state index >= 15 is 0 Å². The van der Waals surface area contributed by atoms with Crippen LogP contribution in [0.3, 0.4) is 0 Å². The zero-order valence-corrected chi connectivity index (χ0v) is 36.3. The fourth-order valence-corrected chi connectivity index (χ4v) is 10.7. The van der Waals surface area contributed by atoms with E-state index in [1.54, 1.807) is 0 Å². The molecule has 6 heterocycles. The molecule has 4 fully saturated rings. The Kier molecular flexibility index (Phi) is 12.8. The third kappa shape index (κ3) is 8.82. The zero-order valence-electron chi connectivity index (χ0n) is 36.3. The number of imidazole rings is 1. The van der Waals surface area contributed by atoms with E-state index in [1.165, 1.54) is 25.3 Å². The van der Waals surface area contributed by atoms with Gasteiger partial charge in [-0.2, -0.15) is 0 Å². The SMILES string of the molecule is COC(=O)NC(C(=O)N1CCCC1c1[nH]c(-c2ccc(-c3ccc(-c4cnc([C@@H]5CCCN5C(=O)C(NC(=O)OC)C5CCOCC5)[nH]4)cc3)cc2)c2c1CCC2)C1CCOCC1. The predicted octanol–water partition coefficient (Wildman–Crippen LogP) is 6.86. The molecule has 4 atom stereocenters. The molecule has 15 nitrogen and oxygen atoms in total. The Hall–Kier alpha value is -5.67. The van der Waals surface area contributed by atoms with Crippen LogP contribution in [0.25, 0.3) is 33.6 Å². The summed E-state index contributed by atoms with van der Waals surface area (Å²) in [6.07, 6.45) is 9.93. The second-order valence-electron chi connectivity index (χ2n) is 17.6. The number of hydrogen-bond acceptors (Lipinski definition) is 9. The van der Waals surface area contributed by atoms with Gasteiger partial charge in [0.1, 0.15) is 17.9 Å². The molecule has 2 aromatic carbocycles. The average Bonchev–Trinajstić information content (AvgIpc) is 4.20. The van der Waals surface area contributed by atoms with Crippen molar-refractivity contribution in [2.45, 2.75) is 94.8 Å². The molecular formula is C48H59N7O8. The summed E-state index contributed by atoms with van der Waals surface area (Å²) in [5.74, 6) is 0.557. The molecule has 9 rings (SSSR count). The van der Waals surface area contributed by atoms with Gasteiger partial charge in [-0.25, -0.2) is 14.6 Å². The number of carbonyl (C=O) groups is 4. The number of hydrogen-bond donors (Lipinski definition) is 4. The fourth-order valence-electron chi connectivity index (χ4n) is 10.7. The molecule has 0 spiro atoms. The van der Waals surface area contributed by atoms with Gasteiger partial charge in [0.2, 0.25) is 11.8 Å². The molecule has 334 valence electrons. The second-order valence-corrected chi connectivity index (χ2v) is 17.6. The van der Waals surface area contributed by atoms with Crippen LogP contribution in [0.1, 0.15) is 92.5 Å². The first-order valence-corrected chi connectivity index (χ1v) is 22.8. The van der Waals surface area contributed by atoms with E-state index in [0.29, 0.717) is 65.2 Å². The molecule has 5 aliphatic rings. The molecule has 4 N–H and O–H groups in total. The fraction of sp³-hybridized carbons (Fsp3) is 0.521. The Bertz CT molecular complexity index is 2260. The van der Waals surface area contributed by atoms with Crippen molar-refractivity contribution in [3.8, 4) is 33.6 Å². The number of nitrogens with zero attached hydrogens (tertiary/aromatic N) is 3. The van der Waals surface area contributed by atoms with E-state index in [4.69, 9.17) is 23.9 Å². The quantitative estimate of drug-likeness (QED) is 0.125. The number of alkyl carbamates (subject to hydrolysis) is 2. The highest BCUT2D eigenvalue weighted by molar-refractivity contribution is 5.87. The lowest BCUT2D eigenvalue weighted by molar-refractivity contribution is -0.137. The zero-order chi connectivity index (χ0) is 43.5. The number of nitrogens with one attached hydrogen (secondary N) is 4. The van der Waals surface area contributed by atoms with E-state index < -0.39 is 24.3 Å². The van der Waals surface area contributed by atoms with Gasteiger partial charge in [0.25, 0.3) is 0 Å². The first-order valence-electron chi connectivity index (χ1n) is 22.8. The number of H-pyrrole nitrogens is 2. The van der Waals surface area contributed by atoms with Gasteiger partial charge in [-0.05, 0) is 116 Å². The summed E-state index contributed by atoms with van der Waals surface area (Å²) in [6.45, 7) is 3.53. The number of likely N-dealkylation sites (tertiary alicyclic amines) is 2. The molecule has 63 heavy (non-hydrogen) atoms. The molecule has 0 saturated carbocycles. The molecule has 15 heteroatoms. The van der Waals surface area contributed by atoms with Crippen molar-refractivity contribution >= 4 is 24.0 Å². The maximum absolute atomic E-state index is 14.3.